The van der Waals surface area contributed by atoms with E-state index in [9.17, 15) is 39.5 Å². The minimum absolute atomic E-state index is 0.991. The fourth-order valence-corrected chi connectivity index (χ4v) is 1.37. The van der Waals surface area contributed by atoms with Crippen LogP contribution in [0.1, 0.15) is 0 Å². The third-order valence-corrected chi connectivity index (χ3v) is 2.92. The zero-order valence-electron chi connectivity index (χ0n) is 6.78. The van der Waals surface area contributed by atoms with Crippen molar-refractivity contribution in [2.45, 2.75) is 22.3 Å². The lowest BCUT2D eigenvalue weighted by atomic mass is 9.92. The van der Waals surface area contributed by atoms with Crippen LogP contribution in [0.2, 0.25) is 0 Å². The largest absolute Gasteiger partial charge is 0.368 e. The van der Waals surface area contributed by atoms with Crippen LogP contribution in [0.25, 0.3) is 0 Å². The molecule has 1 atom stereocenters. The van der Waals surface area contributed by atoms with E-state index >= 15 is 0 Å². The highest BCUT2D eigenvalue weighted by Crippen LogP contribution is 2.63. The third-order valence-electron chi connectivity index (χ3n) is 1.93. The normalized spacial score (nSPS) is 36.4. The van der Waals surface area contributed by atoms with E-state index in [1.54, 1.807) is 0 Å². The van der Waals surface area contributed by atoms with Gasteiger partial charge in [-0.1, -0.05) is 0 Å². The fraction of sp³-hybridized carbons (Fsp3) is 0.667. The molecular formula is C6BrF9. The molecule has 0 saturated heterocycles. The second-order valence-corrected chi connectivity index (χ2v) is 4.02. The monoisotopic (exact) mass is 322 g/mol. The summed E-state index contributed by atoms with van der Waals surface area (Å²) >= 11 is 0.991. The predicted octanol–water partition coefficient (Wildman–Crippen LogP) is 4.12. The third kappa shape index (κ3) is 1.19. The Morgan fingerprint density at radius 2 is 1.00 bits per heavy atom. The zero-order chi connectivity index (χ0) is 13.2. The van der Waals surface area contributed by atoms with Crippen LogP contribution in [0.4, 0.5) is 39.5 Å². The second kappa shape index (κ2) is 3.08. The highest BCUT2D eigenvalue weighted by Gasteiger charge is 2.85. The first-order chi connectivity index (χ1) is 6.82. The van der Waals surface area contributed by atoms with Crippen LogP contribution in [0, 0.1) is 0 Å². The summed E-state index contributed by atoms with van der Waals surface area (Å²) in [6.45, 7) is 0. The molecule has 0 aromatic heterocycles. The van der Waals surface area contributed by atoms with E-state index in [0.29, 0.717) is 0 Å². The lowest BCUT2D eigenvalue weighted by Crippen LogP contribution is -2.65. The molecule has 0 nitrogen and oxygen atoms in total. The summed E-state index contributed by atoms with van der Waals surface area (Å²) in [5, 5.41) is 0. The number of hydrogen-bond donors (Lipinski definition) is 0. The van der Waals surface area contributed by atoms with E-state index < -0.39 is 34.0 Å². The highest BCUT2D eigenvalue weighted by atomic mass is 79.9. The molecule has 1 unspecified atom stereocenters. The number of rotatable bonds is 0. The van der Waals surface area contributed by atoms with Crippen molar-refractivity contribution in [2.75, 3.05) is 0 Å². The van der Waals surface area contributed by atoms with Gasteiger partial charge in [0.25, 0.3) is 0 Å². The molecule has 16 heavy (non-hydrogen) atoms. The van der Waals surface area contributed by atoms with E-state index in [2.05, 4.69) is 0 Å². The number of hydrogen-bond acceptors (Lipinski definition) is 0. The van der Waals surface area contributed by atoms with Gasteiger partial charge in [-0.25, -0.2) is 13.2 Å². The Hall–Kier alpha value is -0.410. The van der Waals surface area contributed by atoms with Crippen LogP contribution >= 0.6 is 15.9 Å². The van der Waals surface area contributed by atoms with Crippen LogP contribution in [-0.4, -0.2) is 22.3 Å². The summed E-state index contributed by atoms with van der Waals surface area (Å²) in [6.07, 6.45) is 0. The Morgan fingerprint density at radius 1 is 0.688 bits per heavy atom. The average Bonchev–Trinajstić information content (AvgIpc) is 2.12. The molecule has 1 aliphatic carbocycles. The maximum absolute atomic E-state index is 12.8. The molecule has 0 aromatic carbocycles. The Bertz CT molecular complexity index is 321. The highest BCUT2D eigenvalue weighted by molar-refractivity contribution is 9.10. The van der Waals surface area contributed by atoms with Crippen molar-refractivity contribution in [3.63, 3.8) is 0 Å². The van der Waals surface area contributed by atoms with Crippen LogP contribution < -0.4 is 0 Å². The molecule has 0 heterocycles. The molecule has 1 aliphatic rings. The van der Waals surface area contributed by atoms with Gasteiger partial charge in [0.2, 0.25) is 11.7 Å². The number of allylic oxidation sites excluding steroid dienone is 2. The van der Waals surface area contributed by atoms with Crippen LogP contribution in [-0.2, 0) is 0 Å². The van der Waals surface area contributed by atoms with Gasteiger partial charge >= 0.3 is 22.3 Å². The van der Waals surface area contributed by atoms with Crippen molar-refractivity contribution in [3.8, 4) is 0 Å². The SMILES string of the molecule is FC1=C(F)C(F)(F)C(F)(Br)C(F)(F)C1(F)F. The van der Waals surface area contributed by atoms with E-state index in [4.69, 9.17) is 0 Å². The second-order valence-electron chi connectivity index (χ2n) is 2.93. The molecule has 0 N–H and O–H groups in total. The molecule has 0 aliphatic heterocycles. The van der Waals surface area contributed by atoms with Gasteiger partial charge in [-0.05, 0) is 15.9 Å². The summed E-state index contributed by atoms with van der Waals surface area (Å²) in [5.41, 5.74) is 0. The molecule has 10 heteroatoms. The first kappa shape index (κ1) is 13.7. The van der Waals surface area contributed by atoms with Crippen molar-refractivity contribution < 1.29 is 39.5 Å². The Balaban J connectivity index is 3.64. The average molecular weight is 323 g/mol. The van der Waals surface area contributed by atoms with Crippen molar-refractivity contribution in [1.29, 1.82) is 0 Å². The lowest BCUT2D eigenvalue weighted by Gasteiger charge is -2.40. The van der Waals surface area contributed by atoms with Gasteiger partial charge in [0.1, 0.15) is 0 Å². The quantitative estimate of drug-likeness (QED) is 0.465. The van der Waals surface area contributed by atoms with Crippen molar-refractivity contribution in [1.82, 2.24) is 0 Å². The first-order valence-electron chi connectivity index (χ1n) is 3.39. The Kier molecular flexibility index (Phi) is 2.63. The molecule has 0 saturated carbocycles. The molecule has 0 fully saturated rings. The summed E-state index contributed by atoms with van der Waals surface area (Å²) in [6, 6.07) is 0. The van der Waals surface area contributed by atoms with Crippen LogP contribution in [0.5, 0.6) is 0 Å². The van der Waals surface area contributed by atoms with Gasteiger partial charge in [0.15, 0.2) is 0 Å². The molecule has 0 radical (unpaired) electrons. The summed E-state index contributed by atoms with van der Waals surface area (Å²) < 4.78 is 107. The number of alkyl halides is 8. The zero-order valence-corrected chi connectivity index (χ0v) is 8.37. The lowest BCUT2D eigenvalue weighted by molar-refractivity contribution is -0.290. The van der Waals surface area contributed by atoms with Crippen molar-refractivity contribution >= 4 is 15.9 Å². The Labute approximate surface area is 90.2 Å². The Morgan fingerprint density at radius 3 is 1.38 bits per heavy atom. The summed E-state index contributed by atoms with van der Waals surface area (Å²) in [4.78, 5) is 0. The molecule has 94 valence electrons. The van der Waals surface area contributed by atoms with Gasteiger partial charge in [-0.15, -0.1) is 0 Å². The smallest absolute Gasteiger partial charge is 0.217 e. The molecule has 0 bridgehead atoms. The molecule has 0 spiro atoms. The molecular weight excluding hydrogens is 323 g/mol. The molecule has 0 amide bonds. The van der Waals surface area contributed by atoms with Gasteiger partial charge in [-0.3, -0.25) is 0 Å². The minimum atomic E-state index is -6.15. The topological polar surface area (TPSA) is 0 Å². The maximum atomic E-state index is 12.8. The van der Waals surface area contributed by atoms with Crippen LogP contribution in [0.3, 0.4) is 0 Å². The van der Waals surface area contributed by atoms with E-state index in [-0.39, 0.29) is 0 Å². The summed E-state index contributed by atoms with van der Waals surface area (Å²) in [5.74, 6) is -25.2. The predicted molar refractivity (Wildman–Crippen MR) is 36.8 cm³/mol. The van der Waals surface area contributed by atoms with Gasteiger partial charge in [0, 0.05) is 0 Å². The molecule has 0 aromatic rings. The van der Waals surface area contributed by atoms with Gasteiger partial charge in [-0.2, -0.15) is 26.3 Å². The first-order valence-corrected chi connectivity index (χ1v) is 4.18. The van der Waals surface area contributed by atoms with Crippen molar-refractivity contribution in [3.05, 3.63) is 11.7 Å². The minimum Gasteiger partial charge on any atom is -0.217 e. The maximum Gasteiger partial charge on any atom is 0.368 e. The van der Waals surface area contributed by atoms with E-state index in [1.165, 1.54) is 0 Å². The number of halogens is 10. The molecule has 1 rings (SSSR count). The van der Waals surface area contributed by atoms with E-state index in [1.807, 2.05) is 0 Å². The standard InChI is InChI=1S/C6BrF9/c7-5(14)3(10,11)1(8)2(9)4(12,13)6(5,15)16. The summed E-state index contributed by atoms with van der Waals surface area (Å²) in [7, 11) is 0. The van der Waals surface area contributed by atoms with Gasteiger partial charge in [0.05, 0.1) is 0 Å². The van der Waals surface area contributed by atoms with Crippen LogP contribution in [0.15, 0.2) is 11.7 Å². The van der Waals surface area contributed by atoms with Crippen molar-refractivity contribution in [2.24, 2.45) is 0 Å². The van der Waals surface area contributed by atoms with E-state index in [0.717, 1.165) is 15.9 Å². The van der Waals surface area contributed by atoms with Gasteiger partial charge < -0.3 is 0 Å². The fourth-order valence-electron chi connectivity index (χ4n) is 0.946.